The number of halogens is 4. The van der Waals surface area contributed by atoms with Crippen LogP contribution in [0.3, 0.4) is 0 Å². The number of dihydropyridines is 1. The molecule has 0 spiro atoms. The Morgan fingerprint density at radius 1 is 1.23 bits per heavy atom. The number of hydrogen-bond acceptors (Lipinski definition) is 6. The Morgan fingerprint density at radius 2 is 2.00 bits per heavy atom. The van der Waals surface area contributed by atoms with Crippen LogP contribution < -0.4 is 5.32 Å². The summed E-state index contributed by atoms with van der Waals surface area (Å²) in [5.74, 6) is 0.549. The van der Waals surface area contributed by atoms with Gasteiger partial charge in [0.1, 0.15) is 11.5 Å². The van der Waals surface area contributed by atoms with Crippen LogP contribution in [-0.4, -0.2) is 47.0 Å². The molecule has 1 unspecified atom stereocenters. The minimum atomic E-state index is -4.58. The molecule has 4 rings (SSSR count). The van der Waals surface area contributed by atoms with Gasteiger partial charge in [0, 0.05) is 31.4 Å². The molecule has 1 aliphatic rings. The highest BCUT2D eigenvalue weighted by Gasteiger charge is 2.35. The van der Waals surface area contributed by atoms with E-state index < -0.39 is 18.0 Å². The van der Waals surface area contributed by atoms with Gasteiger partial charge >= 0.3 is 6.18 Å². The van der Waals surface area contributed by atoms with Gasteiger partial charge in [0.05, 0.1) is 28.7 Å². The van der Waals surface area contributed by atoms with Gasteiger partial charge in [0.25, 0.3) is 0 Å². The van der Waals surface area contributed by atoms with Crippen molar-refractivity contribution in [1.82, 2.24) is 34.8 Å². The number of rotatable bonds is 3. The van der Waals surface area contributed by atoms with Crippen molar-refractivity contribution in [3.05, 3.63) is 53.4 Å². The third-order valence-corrected chi connectivity index (χ3v) is 4.78. The SMILES string of the molecule is Cn1cnnc1-c1cnn(C)c1-c1cc(Cl)nc(C2=CC(C(F)(F)F)=CNC2O)c1. The Kier molecular flexibility index (Phi) is 4.86. The van der Waals surface area contributed by atoms with Gasteiger partial charge < -0.3 is 15.0 Å². The summed E-state index contributed by atoms with van der Waals surface area (Å²) in [4.78, 5) is 4.11. The number of hydrogen-bond donors (Lipinski definition) is 2. The van der Waals surface area contributed by atoms with Crippen LogP contribution in [0.15, 0.2) is 42.5 Å². The first-order valence-electron chi connectivity index (χ1n) is 8.63. The molecule has 8 nitrogen and oxygen atoms in total. The van der Waals surface area contributed by atoms with E-state index in [1.165, 1.54) is 6.33 Å². The quantitative estimate of drug-likeness (QED) is 0.612. The summed E-state index contributed by atoms with van der Waals surface area (Å²) in [6.07, 6.45) is -1.26. The average molecular weight is 438 g/mol. The maximum atomic E-state index is 13.1. The molecule has 30 heavy (non-hydrogen) atoms. The van der Waals surface area contributed by atoms with E-state index in [9.17, 15) is 18.3 Å². The highest BCUT2D eigenvalue weighted by molar-refractivity contribution is 6.29. The lowest BCUT2D eigenvalue weighted by Crippen LogP contribution is -2.31. The van der Waals surface area contributed by atoms with Gasteiger partial charge in [-0.05, 0) is 18.2 Å². The lowest BCUT2D eigenvalue weighted by molar-refractivity contribution is -0.0890. The predicted molar refractivity (Wildman–Crippen MR) is 103 cm³/mol. The summed E-state index contributed by atoms with van der Waals surface area (Å²) in [5.41, 5.74) is 0.902. The van der Waals surface area contributed by atoms with Crippen molar-refractivity contribution in [3.63, 3.8) is 0 Å². The fourth-order valence-electron chi connectivity index (χ4n) is 3.18. The Balaban J connectivity index is 1.85. The Morgan fingerprint density at radius 3 is 2.67 bits per heavy atom. The Labute approximate surface area is 173 Å². The van der Waals surface area contributed by atoms with E-state index in [-0.39, 0.29) is 16.4 Å². The molecule has 0 aromatic carbocycles. The van der Waals surface area contributed by atoms with Crippen LogP contribution in [0.5, 0.6) is 0 Å². The number of alkyl halides is 3. The van der Waals surface area contributed by atoms with Gasteiger partial charge in [-0.15, -0.1) is 10.2 Å². The number of aliphatic hydroxyl groups excluding tert-OH is 1. The lowest BCUT2D eigenvalue weighted by Gasteiger charge is -2.22. The number of pyridine rings is 1. The molecule has 1 aliphatic heterocycles. The minimum Gasteiger partial charge on any atom is -0.369 e. The van der Waals surface area contributed by atoms with Crippen molar-refractivity contribution in [2.45, 2.75) is 12.4 Å². The molecule has 2 N–H and O–H groups in total. The summed E-state index contributed by atoms with van der Waals surface area (Å²) >= 11 is 6.18. The second-order valence-electron chi connectivity index (χ2n) is 6.63. The van der Waals surface area contributed by atoms with E-state index in [4.69, 9.17) is 11.6 Å². The van der Waals surface area contributed by atoms with E-state index in [0.29, 0.717) is 28.8 Å². The lowest BCUT2D eigenvalue weighted by atomic mass is 10.0. The van der Waals surface area contributed by atoms with E-state index in [2.05, 4.69) is 25.6 Å². The number of aliphatic hydroxyl groups is 1. The van der Waals surface area contributed by atoms with Crippen molar-refractivity contribution in [2.24, 2.45) is 14.1 Å². The molecule has 3 aromatic rings. The van der Waals surface area contributed by atoms with E-state index in [0.717, 1.165) is 6.08 Å². The monoisotopic (exact) mass is 437 g/mol. The van der Waals surface area contributed by atoms with Crippen molar-refractivity contribution in [3.8, 4) is 22.6 Å². The van der Waals surface area contributed by atoms with Crippen LogP contribution in [0.4, 0.5) is 13.2 Å². The van der Waals surface area contributed by atoms with Crippen LogP contribution in [0, 0.1) is 0 Å². The topological polar surface area (TPSA) is 93.7 Å². The number of allylic oxidation sites excluding steroid dienone is 2. The number of nitrogens with zero attached hydrogens (tertiary/aromatic N) is 6. The minimum absolute atomic E-state index is 0.0452. The second-order valence-corrected chi connectivity index (χ2v) is 7.01. The predicted octanol–water partition coefficient (Wildman–Crippen LogP) is 2.68. The highest BCUT2D eigenvalue weighted by atomic mass is 35.5. The molecule has 156 valence electrons. The van der Waals surface area contributed by atoms with Crippen molar-refractivity contribution in [2.75, 3.05) is 0 Å². The first-order valence-corrected chi connectivity index (χ1v) is 9.00. The number of aromatic nitrogens is 6. The normalized spacial score (nSPS) is 16.8. The van der Waals surface area contributed by atoms with Crippen LogP contribution in [-0.2, 0) is 14.1 Å². The molecule has 0 saturated carbocycles. The summed E-state index contributed by atoms with van der Waals surface area (Å²) in [6.45, 7) is 0. The fourth-order valence-corrected chi connectivity index (χ4v) is 3.38. The summed E-state index contributed by atoms with van der Waals surface area (Å²) in [5, 5.41) is 24.8. The summed E-state index contributed by atoms with van der Waals surface area (Å²) in [6, 6.07) is 3.10. The zero-order valence-electron chi connectivity index (χ0n) is 15.7. The molecule has 0 fully saturated rings. The zero-order valence-corrected chi connectivity index (χ0v) is 16.4. The number of aryl methyl sites for hydroxylation is 2. The highest BCUT2D eigenvalue weighted by Crippen LogP contribution is 2.35. The number of nitrogens with one attached hydrogen (secondary N) is 1. The van der Waals surface area contributed by atoms with E-state index in [1.54, 1.807) is 41.7 Å². The van der Waals surface area contributed by atoms with Gasteiger partial charge in [-0.1, -0.05) is 11.6 Å². The molecule has 0 amide bonds. The molecule has 0 radical (unpaired) electrons. The molecule has 0 bridgehead atoms. The molecular weight excluding hydrogens is 423 g/mol. The van der Waals surface area contributed by atoms with Crippen LogP contribution in [0.2, 0.25) is 5.15 Å². The third kappa shape index (κ3) is 3.57. The standard InChI is InChI=1S/C18H15ClF3N7O/c1-28-8-24-27-16(28)12-7-25-29(2)15(12)9-3-13(26-14(19)4-9)11-5-10(18(20,21)22)6-23-17(11)30/h3-8,17,23,30H,1-2H3. The Hall–Kier alpha value is -3.18. The smallest absolute Gasteiger partial charge is 0.369 e. The van der Waals surface area contributed by atoms with Gasteiger partial charge in [-0.2, -0.15) is 18.3 Å². The van der Waals surface area contributed by atoms with Gasteiger partial charge in [-0.3, -0.25) is 4.68 Å². The van der Waals surface area contributed by atoms with Crippen LogP contribution in [0.25, 0.3) is 28.2 Å². The molecule has 3 aromatic heterocycles. The summed E-state index contributed by atoms with van der Waals surface area (Å²) < 4.78 is 42.7. The van der Waals surface area contributed by atoms with Gasteiger partial charge in [-0.25, -0.2) is 4.98 Å². The van der Waals surface area contributed by atoms with E-state index >= 15 is 0 Å². The van der Waals surface area contributed by atoms with Crippen molar-refractivity contribution >= 4 is 17.2 Å². The summed E-state index contributed by atoms with van der Waals surface area (Å²) in [7, 11) is 3.49. The van der Waals surface area contributed by atoms with Gasteiger partial charge in [0.2, 0.25) is 0 Å². The maximum absolute atomic E-state index is 13.1. The molecule has 4 heterocycles. The first-order chi connectivity index (χ1) is 14.1. The molecule has 1 atom stereocenters. The second kappa shape index (κ2) is 7.26. The largest absolute Gasteiger partial charge is 0.417 e. The van der Waals surface area contributed by atoms with Crippen LogP contribution >= 0.6 is 11.6 Å². The van der Waals surface area contributed by atoms with Crippen LogP contribution in [0.1, 0.15) is 5.69 Å². The fraction of sp³-hybridized carbons (Fsp3) is 0.222. The molecule has 0 aliphatic carbocycles. The molecule has 12 heteroatoms. The van der Waals surface area contributed by atoms with Crippen molar-refractivity contribution < 1.29 is 18.3 Å². The van der Waals surface area contributed by atoms with E-state index in [1.807, 2.05) is 0 Å². The zero-order chi connectivity index (χ0) is 21.6. The first kappa shape index (κ1) is 20.1. The molecular formula is C18H15ClF3N7O. The van der Waals surface area contributed by atoms with Gasteiger partial charge in [0.15, 0.2) is 12.1 Å². The average Bonchev–Trinajstić information content (AvgIpc) is 3.25. The molecule has 0 saturated heterocycles. The van der Waals surface area contributed by atoms with Crippen molar-refractivity contribution in [1.29, 1.82) is 0 Å². The Bertz CT molecular complexity index is 1180. The third-order valence-electron chi connectivity index (χ3n) is 4.58. The maximum Gasteiger partial charge on any atom is 0.417 e.